The van der Waals surface area contributed by atoms with Crippen LogP contribution >= 0.6 is 0 Å². The highest BCUT2D eigenvalue weighted by Gasteiger charge is 2.43. The summed E-state index contributed by atoms with van der Waals surface area (Å²) >= 11 is 0. The minimum Gasteiger partial charge on any atom is -0.493 e. The number of carbonyl (C=O) groups is 2. The number of pyridine rings is 1. The van der Waals surface area contributed by atoms with E-state index in [0.717, 1.165) is 0 Å². The van der Waals surface area contributed by atoms with E-state index < -0.39 is 47.9 Å². The van der Waals surface area contributed by atoms with Crippen LogP contribution in [-0.4, -0.2) is 85.0 Å². The fourth-order valence-electron chi connectivity index (χ4n) is 5.38. The van der Waals surface area contributed by atoms with E-state index in [2.05, 4.69) is 4.98 Å². The minimum absolute atomic E-state index is 0.113. The summed E-state index contributed by atoms with van der Waals surface area (Å²) in [6.45, 7) is 13.1. The minimum atomic E-state index is -0.918. The Morgan fingerprint density at radius 1 is 1.12 bits per heavy atom. The van der Waals surface area contributed by atoms with E-state index >= 15 is 0 Å². The summed E-state index contributed by atoms with van der Waals surface area (Å²) in [6.07, 6.45) is 6.59. The molecule has 0 saturated carbocycles. The second-order valence-electron chi connectivity index (χ2n) is 13.6. The van der Waals surface area contributed by atoms with E-state index in [4.69, 9.17) is 33.2 Å². The van der Waals surface area contributed by atoms with Crippen molar-refractivity contribution in [1.29, 1.82) is 0 Å². The Labute approximate surface area is 288 Å². The van der Waals surface area contributed by atoms with Crippen LogP contribution in [-0.2, 0) is 23.7 Å². The smallest absolute Gasteiger partial charge is 0.416 e. The van der Waals surface area contributed by atoms with Crippen molar-refractivity contribution in [2.24, 2.45) is 5.92 Å². The lowest BCUT2D eigenvalue weighted by Crippen LogP contribution is -2.38. The molecular weight excluding hydrogens is 632 g/mol. The van der Waals surface area contributed by atoms with Crippen LogP contribution in [0.4, 0.5) is 10.6 Å². The molecule has 268 valence electrons. The third-order valence-corrected chi connectivity index (χ3v) is 7.85. The average Bonchev–Trinajstić information content (AvgIpc) is 3.35. The van der Waals surface area contributed by atoms with E-state index in [-0.39, 0.29) is 37.2 Å². The summed E-state index contributed by atoms with van der Waals surface area (Å²) in [6, 6.07) is 8.68. The number of ether oxygens (including phenoxy) is 7. The third kappa shape index (κ3) is 10.8. The second-order valence-corrected chi connectivity index (χ2v) is 13.6. The van der Waals surface area contributed by atoms with Gasteiger partial charge < -0.3 is 38.3 Å². The van der Waals surface area contributed by atoms with Crippen LogP contribution in [0.1, 0.15) is 77.2 Å². The van der Waals surface area contributed by atoms with Crippen molar-refractivity contribution in [2.45, 2.75) is 97.1 Å². The predicted molar refractivity (Wildman–Crippen MR) is 184 cm³/mol. The first-order valence-electron chi connectivity index (χ1n) is 16.6. The van der Waals surface area contributed by atoms with Crippen molar-refractivity contribution in [3.63, 3.8) is 0 Å². The van der Waals surface area contributed by atoms with E-state index in [0.29, 0.717) is 30.0 Å². The molecule has 0 radical (unpaired) electrons. The number of carbonyl (C=O) groups excluding carboxylic acids is 2. The number of aliphatic hydroxyl groups excluding tert-OH is 1. The number of hydrogen-bond acceptors (Lipinski definition) is 11. The van der Waals surface area contributed by atoms with E-state index in [9.17, 15) is 14.7 Å². The molecule has 1 aromatic heterocycles. The largest absolute Gasteiger partial charge is 0.493 e. The van der Waals surface area contributed by atoms with Gasteiger partial charge in [0.15, 0.2) is 12.6 Å². The van der Waals surface area contributed by atoms with Crippen LogP contribution in [0.5, 0.6) is 11.5 Å². The van der Waals surface area contributed by atoms with E-state index in [1.54, 1.807) is 55.6 Å². The normalized spacial score (nSPS) is 25.2. The maximum Gasteiger partial charge on any atom is 0.416 e. The molecule has 4 unspecified atom stereocenters. The van der Waals surface area contributed by atoms with E-state index in [1.807, 2.05) is 53.7 Å². The summed E-state index contributed by atoms with van der Waals surface area (Å²) in [7, 11) is 1.49. The van der Waals surface area contributed by atoms with Gasteiger partial charge in [-0.1, -0.05) is 37.3 Å². The molecule has 2 aromatic rings. The van der Waals surface area contributed by atoms with Gasteiger partial charge in [0, 0.05) is 31.8 Å². The Morgan fingerprint density at radius 2 is 1.90 bits per heavy atom. The fraction of sp³-hybridized carbons (Fsp3) is 0.541. The highest BCUT2D eigenvalue weighted by molar-refractivity contribution is 5.97. The van der Waals surface area contributed by atoms with Gasteiger partial charge >= 0.3 is 12.1 Å². The number of methoxy groups -OCH3 is 1. The molecule has 5 atom stereocenters. The number of aliphatic hydroxyl groups is 1. The Balaban J connectivity index is 1.61. The van der Waals surface area contributed by atoms with Gasteiger partial charge in [-0.3, -0.25) is 4.90 Å². The maximum absolute atomic E-state index is 13.7. The molecule has 1 aromatic carbocycles. The second kappa shape index (κ2) is 16.6. The van der Waals surface area contributed by atoms with Crippen LogP contribution in [0, 0.1) is 5.92 Å². The number of rotatable bonds is 9. The molecular formula is C37H50N2O10. The molecule has 2 aliphatic heterocycles. The Morgan fingerprint density at radius 3 is 2.59 bits per heavy atom. The highest BCUT2D eigenvalue weighted by Crippen LogP contribution is 2.35. The molecule has 1 fully saturated rings. The molecule has 12 heteroatoms. The van der Waals surface area contributed by atoms with Crippen LogP contribution < -0.4 is 14.4 Å². The predicted octanol–water partition coefficient (Wildman–Crippen LogP) is 6.31. The first-order valence-corrected chi connectivity index (χ1v) is 16.6. The summed E-state index contributed by atoms with van der Waals surface area (Å²) in [5.41, 5.74) is 0.0382. The molecule has 49 heavy (non-hydrogen) atoms. The van der Waals surface area contributed by atoms with Gasteiger partial charge in [-0.2, -0.15) is 0 Å². The zero-order chi connectivity index (χ0) is 35.8. The molecule has 0 bridgehead atoms. The SMILES string of the molecule is COCOc1cc(OCCCN(C(=O)OC(C)(C)C)c2ccccn2)cc2c1C(=O)OC(C)[C@H](C)/C=C\C(O)C1OC(C)(C)OC1C/C=C/2. The van der Waals surface area contributed by atoms with Gasteiger partial charge in [0.25, 0.3) is 0 Å². The topological polar surface area (TPSA) is 135 Å². The molecule has 1 amide bonds. The fourth-order valence-corrected chi connectivity index (χ4v) is 5.38. The molecule has 2 aliphatic rings. The third-order valence-electron chi connectivity index (χ3n) is 7.85. The van der Waals surface area contributed by atoms with Crippen LogP contribution in [0.15, 0.2) is 54.8 Å². The average molecular weight is 683 g/mol. The van der Waals surface area contributed by atoms with Crippen LogP contribution in [0.2, 0.25) is 0 Å². The lowest BCUT2D eigenvalue weighted by Gasteiger charge is -2.26. The number of fused-ring (bicyclic) bond motifs is 2. The first kappa shape index (κ1) is 37.8. The Kier molecular flexibility index (Phi) is 12.8. The summed E-state index contributed by atoms with van der Waals surface area (Å²) in [5, 5.41) is 11.0. The van der Waals surface area contributed by atoms with Crippen molar-refractivity contribution < 1.29 is 47.9 Å². The van der Waals surface area contributed by atoms with Gasteiger partial charge in [-0.25, -0.2) is 14.6 Å². The van der Waals surface area contributed by atoms with Crippen LogP contribution in [0.25, 0.3) is 6.08 Å². The Bertz CT molecular complexity index is 1470. The lowest BCUT2D eigenvalue weighted by atomic mass is 9.99. The Hall–Kier alpha value is -3.97. The van der Waals surface area contributed by atoms with Crippen molar-refractivity contribution in [3.05, 3.63) is 65.9 Å². The number of benzene rings is 1. The number of nitrogens with zero attached hydrogens (tertiary/aromatic N) is 2. The number of amides is 1. The van der Waals surface area contributed by atoms with E-state index in [1.165, 1.54) is 12.0 Å². The molecule has 3 heterocycles. The van der Waals surface area contributed by atoms with Crippen molar-refractivity contribution in [1.82, 2.24) is 4.98 Å². The van der Waals surface area contributed by atoms with Gasteiger partial charge in [0.2, 0.25) is 0 Å². The number of hydrogen-bond donors (Lipinski definition) is 1. The molecule has 12 nitrogen and oxygen atoms in total. The van der Waals surface area contributed by atoms with Gasteiger partial charge in [-0.05, 0) is 78.1 Å². The molecule has 4 rings (SSSR count). The summed E-state index contributed by atoms with van der Waals surface area (Å²) in [5.74, 6) is -0.540. The van der Waals surface area contributed by atoms with Crippen molar-refractivity contribution in [2.75, 3.05) is 32.0 Å². The standard InChI is InChI=1S/C37H50N2O10/c1-24-16-17-28(40)33-29(47-37(6,7)48-33)14-11-13-26-21-27(22-30(45-23-43-8)32(26)34(41)46-25(24)2)44-20-12-19-39(31-15-9-10-18-38-31)35(42)49-36(3,4)5/h9-11,13,15-18,21-22,24-25,28-29,33,40H,12,14,19-20,23H2,1-8H3/b13-11+,17-16-/t24-,25?,28?,29?,33?/m1/s1. The molecule has 1 saturated heterocycles. The maximum atomic E-state index is 13.7. The molecule has 1 N–H and O–H groups in total. The monoisotopic (exact) mass is 682 g/mol. The number of aromatic nitrogens is 1. The summed E-state index contributed by atoms with van der Waals surface area (Å²) in [4.78, 5) is 32.5. The van der Waals surface area contributed by atoms with Gasteiger partial charge in [0.1, 0.15) is 46.8 Å². The summed E-state index contributed by atoms with van der Waals surface area (Å²) < 4.78 is 40.9. The number of esters is 1. The van der Waals surface area contributed by atoms with Crippen molar-refractivity contribution >= 4 is 24.0 Å². The quantitative estimate of drug-likeness (QED) is 0.138. The zero-order valence-corrected chi connectivity index (χ0v) is 29.7. The van der Waals surface area contributed by atoms with Gasteiger partial charge in [0.05, 0.1) is 12.7 Å². The first-order chi connectivity index (χ1) is 23.2. The lowest BCUT2D eigenvalue weighted by molar-refractivity contribution is -0.152. The van der Waals surface area contributed by atoms with Crippen LogP contribution in [0.3, 0.4) is 0 Å². The van der Waals surface area contributed by atoms with Crippen molar-refractivity contribution in [3.8, 4) is 11.5 Å². The number of anilines is 1. The number of cyclic esters (lactones) is 1. The zero-order valence-electron chi connectivity index (χ0n) is 29.7. The highest BCUT2D eigenvalue weighted by atomic mass is 16.8. The molecule has 0 spiro atoms. The van der Waals surface area contributed by atoms with Gasteiger partial charge in [-0.15, -0.1) is 0 Å². The molecule has 0 aliphatic carbocycles.